The first-order valence-electron chi connectivity index (χ1n) is 5.24. The number of likely N-dealkylation sites (N-methyl/N-ethyl adjacent to an activating group) is 1. The van der Waals surface area contributed by atoms with E-state index in [0.717, 1.165) is 4.31 Å². The van der Waals surface area contributed by atoms with Crippen LogP contribution in [0.5, 0.6) is 0 Å². The number of rotatable bonds is 5. The van der Waals surface area contributed by atoms with E-state index in [1.54, 1.807) is 0 Å². The second kappa shape index (κ2) is 5.73. The summed E-state index contributed by atoms with van der Waals surface area (Å²) in [7, 11) is 0.911. The summed E-state index contributed by atoms with van der Waals surface area (Å²) >= 11 is 0. The molecule has 0 rings (SSSR count). The summed E-state index contributed by atoms with van der Waals surface area (Å²) in [5.74, 6) is 0. The van der Waals surface area contributed by atoms with Gasteiger partial charge in [-0.3, -0.25) is 0 Å². The maximum absolute atomic E-state index is 11.8. The number of carbonyl (C=O) groups excluding carboxylic acids is 1. The number of hydrogen-bond acceptors (Lipinski definition) is 4. The van der Waals surface area contributed by atoms with Crippen molar-refractivity contribution < 1.29 is 13.2 Å². The van der Waals surface area contributed by atoms with Crippen molar-refractivity contribution in [3.8, 4) is 0 Å². The molecule has 100 valence electrons. The van der Waals surface area contributed by atoms with Crippen LogP contribution in [0.15, 0.2) is 4.99 Å². The molecule has 0 fully saturated rings. The molecule has 0 aliphatic rings. The molecule has 0 bridgehead atoms. The molecule has 0 N–H and O–H groups in total. The van der Waals surface area contributed by atoms with Gasteiger partial charge in [0.1, 0.15) is 0 Å². The second-order valence-electron chi connectivity index (χ2n) is 5.17. The summed E-state index contributed by atoms with van der Waals surface area (Å²) in [6, 6.07) is -0.417. The Morgan fingerprint density at radius 1 is 1.24 bits per heavy atom. The molecule has 0 aromatic rings. The van der Waals surface area contributed by atoms with Crippen molar-refractivity contribution in [3.05, 3.63) is 0 Å². The molecule has 0 unspecified atom stereocenters. The summed E-state index contributed by atoms with van der Waals surface area (Å²) in [4.78, 5) is 14.0. The maximum atomic E-state index is 11.8. The van der Waals surface area contributed by atoms with Crippen LogP contribution in [0.1, 0.15) is 20.8 Å². The van der Waals surface area contributed by atoms with E-state index in [1.807, 2.05) is 20.8 Å². The van der Waals surface area contributed by atoms with Crippen molar-refractivity contribution in [3.63, 3.8) is 0 Å². The lowest BCUT2D eigenvalue weighted by atomic mass is 9.87. The molecule has 17 heavy (non-hydrogen) atoms. The van der Waals surface area contributed by atoms with Crippen molar-refractivity contribution in [1.29, 1.82) is 0 Å². The average Bonchev–Trinajstić information content (AvgIpc) is 2.15. The zero-order chi connectivity index (χ0) is 13.9. The molecule has 6 nitrogen and oxygen atoms in total. The van der Waals surface area contributed by atoms with Gasteiger partial charge < -0.3 is 0 Å². The van der Waals surface area contributed by atoms with Gasteiger partial charge in [-0.05, 0) is 5.41 Å². The Hall–Kier alpha value is -0.750. The number of aliphatic imine (C=N–C) groups is 1. The van der Waals surface area contributed by atoms with E-state index >= 15 is 0 Å². The molecule has 0 radical (unpaired) electrons. The van der Waals surface area contributed by atoms with Gasteiger partial charge in [0.15, 0.2) is 0 Å². The van der Waals surface area contributed by atoms with Crippen LogP contribution >= 0.6 is 0 Å². The topological polar surface area (TPSA) is 70.1 Å². The van der Waals surface area contributed by atoms with Gasteiger partial charge in [-0.15, -0.1) is 0 Å². The lowest BCUT2D eigenvalue weighted by Crippen LogP contribution is -2.44. The smallest absolute Gasteiger partial charge is 0.211 e. The Labute approximate surface area is 103 Å². The molecular formula is C10H21N3O3S. The maximum Gasteiger partial charge on any atom is 0.281 e. The van der Waals surface area contributed by atoms with E-state index in [9.17, 15) is 13.2 Å². The second-order valence-corrected chi connectivity index (χ2v) is 7.42. The van der Waals surface area contributed by atoms with Gasteiger partial charge in [0.2, 0.25) is 6.08 Å². The average molecular weight is 263 g/mol. The molecule has 0 aromatic carbocycles. The lowest BCUT2D eigenvalue weighted by Gasteiger charge is -2.30. The molecule has 0 spiro atoms. The van der Waals surface area contributed by atoms with Crippen molar-refractivity contribution in [2.24, 2.45) is 10.4 Å². The van der Waals surface area contributed by atoms with Crippen molar-refractivity contribution in [2.45, 2.75) is 26.8 Å². The minimum Gasteiger partial charge on any atom is -0.211 e. The molecule has 0 aliphatic heterocycles. The highest BCUT2D eigenvalue weighted by atomic mass is 32.2. The molecule has 0 aromatic heterocycles. The minimum absolute atomic E-state index is 0.152. The molecule has 0 heterocycles. The van der Waals surface area contributed by atoms with Crippen LogP contribution in [0.3, 0.4) is 0 Å². The van der Waals surface area contributed by atoms with E-state index in [4.69, 9.17) is 0 Å². The third-order valence-corrected chi connectivity index (χ3v) is 4.35. The third kappa shape index (κ3) is 4.55. The third-order valence-electron chi connectivity index (χ3n) is 2.49. The Kier molecular flexibility index (Phi) is 5.48. The first-order valence-corrected chi connectivity index (χ1v) is 6.64. The molecular weight excluding hydrogens is 242 g/mol. The van der Waals surface area contributed by atoms with Gasteiger partial charge in [0.25, 0.3) is 10.2 Å². The van der Waals surface area contributed by atoms with E-state index in [0.29, 0.717) is 0 Å². The first-order chi connectivity index (χ1) is 7.53. The standard InChI is InChI=1S/C10H21N3O3S/c1-10(2,3)9(11-8-14)7-13(6)17(15,16)12(4)5/h9H,7H2,1-6H3/t9-/m1/s1. The fourth-order valence-electron chi connectivity index (χ4n) is 1.19. The highest BCUT2D eigenvalue weighted by Crippen LogP contribution is 2.23. The highest BCUT2D eigenvalue weighted by Gasteiger charge is 2.30. The molecule has 0 saturated carbocycles. The van der Waals surface area contributed by atoms with E-state index < -0.39 is 16.3 Å². The quantitative estimate of drug-likeness (QED) is 0.535. The van der Waals surface area contributed by atoms with E-state index in [-0.39, 0.29) is 12.0 Å². The summed E-state index contributed by atoms with van der Waals surface area (Å²) in [5, 5.41) is 0. The Morgan fingerprint density at radius 3 is 2.00 bits per heavy atom. The SMILES string of the molecule is CN(C)S(=O)(=O)N(C)C[C@@H](N=C=O)C(C)(C)C. The molecule has 1 atom stereocenters. The minimum atomic E-state index is -3.47. The summed E-state index contributed by atoms with van der Waals surface area (Å²) in [6.45, 7) is 5.84. The van der Waals surface area contributed by atoms with Crippen molar-refractivity contribution in [2.75, 3.05) is 27.7 Å². The van der Waals surface area contributed by atoms with Crippen LogP contribution in [0.4, 0.5) is 0 Å². The zero-order valence-corrected chi connectivity index (χ0v) is 12.1. The normalized spacial score (nSPS) is 14.8. The number of isocyanates is 1. The zero-order valence-electron chi connectivity index (χ0n) is 11.3. The molecule has 7 heteroatoms. The molecule has 0 saturated heterocycles. The van der Waals surface area contributed by atoms with E-state index in [2.05, 4.69) is 4.99 Å². The Morgan fingerprint density at radius 2 is 1.71 bits per heavy atom. The fourth-order valence-corrected chi connectivity index (χ4v) is 2.08. The Bertz CT molecular complexity index is 392. The van der Waals surface area contributed by atoms with Crippen LogP contribution in [0.25, 0.3) is 0 Å². The van der Waals surface area contributed by atoms with Gasteiger partial charge in [0.05, 0.1) is 6.04 Å². The monoisotopic (exact) mass is 263 g/mol. The van der Waals surface area contributed by atoms with Gasteiger partial charge >= 0.3 is 0 Å². The largest absolute Gasteiger partial charge is 0.281 e. The predicted octanol–water partition coefficient (Wildman–Crippen LogP) is 0.475. The van der Waals surface area contributed by atoms with Gasteiger partial charge in [-0.25, -0.2) is 9.79 Å². The lowest BCUT2D eigenvalue weighted by molar-refractivity contribution is 0.275. The predicted molar refractivity (Wildman–Crippen MR) is 66.6 cm³/mol. The van der Waals surface area contributed by atoms with Gasteiger partial charge in [0, 0.05) is 27.7 Å². The fraction of sp³-hybridized carbons (Fsp3) is 0.900. The van der Waals surface area contributed by atoms with Crippen LogP contribution < -0.4 is 0 Å². The van der Waals surface area contributed by atoms with Crippen molar-refractivity contribution >= 4 is 16.3 Å². The highest BCUT2D eigenvalue weighted by molar-refractivity contribution is 7.86. The molecule has 0 amide bonds. The van der Waals surface area contributed by atoms with Crippen LogP contribution in [0, 0.1) is 5.41 Å². The summed E-state index contributed by atoms with van der Waals surface area (Å²) in [5.41, 5.74) is -0.298. The van der Waals surface area contributed by atoms with Gasteiger partial charge in [-0.1, -0.05) is 20.8 Å². The first kappa shape index (κ1) is 16.2. The molecule has 0 aliphatic carbocycles. The van der Waals surface area contributed by atoms with Crippen LogP contribution in [0.2, 0.25) is 0 Å². The van der Waals surface area contributed by atoms with Crippen LogP contribution in [-0.2, 0) is 15.0 Å². The van der Waals surface area contributed by atoms with E-state index in [1.165, 1.54) is 31.5 Å². The van der Waals surface area contributed by atoms with Crippen molar-refractivity contribution in [1.82, 2.24) is 8.61 Å². The van der Waals surface area contributed by atoms with Gasteiger partial charge in [-0.2, -0.15) is 17.0 Å². The Balaban J connectivity index is 4.99. The number of nitrogens with zero attached hydrogens (tertiary/aromatic N) is 3. The van der Waals surface area contributed by atoms with Crippen LogP contribution in [-0.4, -0.2) is 56.8 Å². The summed E-state index contributed by atoms with van der Waals surface area (Å²) < 4.78 is 25.9. The number of hydrogen-bond donors (Lipinski definition) is 0. The summed E-state index contributed by atoms with van der Waals surface area (Å²) in [6.07, 6.45) is 1.50.